The molecule has 0 saturated heterocycles. The Hall–Kier alpha value is -3.80. The molecule has 0 unspecified atom stereocenters. The zero-order valence-electron chi connectivity index (χ0n) is 13.8. The third-order valence-electron chi connectivity index (χ3n) is 3.96. The summed E-state index contributed by atoms with van der Waals surface area (Å²) in [6.45, 7) is 0. The number of imidazole rings is 1. The third-order valence-corrected chi connectivity index (χ3v) is 3.96. The molecule has 2 aromatic carbocycles. The van der Waals surface area contributed by atoms with Crippen LogP contribution >= 0.6 is 0 Å². The van der Waals surface area contributed by atoms with Crippen LogP contribution in [0.2, 0.25) is 0 Å². The van der Waals surface area contributed by atoms with E-state index in [0.29, 0.717) is 17.1 Å². The van der Waals surface area contributed by atoms with Crippen LogP contribution in [0.5, 0.6) is 0 Å². The van der Waals surface area contributed by atoms with Gasteiger partial charge in [-0.1, -0.05) is 36.4 Å². The van der Waals surface area contributed by atoms with Crippen LogP contribution in [-0.4, -0.2) is 15.3 Å². The summed E-state index contributed by atoms with van der Waals surface area (Å²) in [5, 5.41) is 8.72. The van der Waals surface area contributed by atoms with Gasteiger partial charge >= 0.3 is 0 Å². The Balaban J connectivity index is 1.79. The number of benzene rings is 2. The minimum atomic E-state index is -0.471. The standard InChI is InChI=1S/C20H15N5O/c21-19(26)15-9-11-16(12-10-15)23-24-20-18(14-6-2-1-3-7-14)22-17-8-4-5-13-25(17)20/h1-13H,(H2,21,26). The molecular weight excluding hydrogens is 326 g/mol. The van der Waals surface area contributed by atoms with Crippen molar-refractivity contribution in [1.29, 1.82) is 0 Å². The van der Waals surface area contributed by atoms with E-state index in [1.165, 1.54) is 0 Å². The molecule has 4 aromatic rings. The number of nitrogens with two attached hydrogens (primary N) is 1. The molecule has 1 amide bonds. The SMILES string of the molecule is NC(=O)c1ccc(N=Nc2c(-c3ccccc3)nc3ccccn23)cc1. The fourth-order valence-electron chi connectivity index (χ4n) is 2.67. The second-order valence-electron chi connectivity index (χ2n) is 5.69. The highest BCUT2D eigenvalue weighted by Crippen LogP contribution is 2.32. The topological polar surface area (TPSA) is 85.1 Å². The lowest BCUT2D eigenvalue weighted by Gasteiger charge is -2.00. The smallest absolute Gasteiger partial charge is 0.248 e. The van der Waals surface area contributed by atoms with Crippen LogP contribution in [0.4, 0.5) is 11.5 Å². The molecule has 2 aromatic heterocycles. The quantitative estimate of drug-likeness (QED) is 0.554. The van der Waals surface area contributed by atoms with Crippen molar-refractivity contribution in [3.05, 3.63) is 84.6 Å². The first-order valence-corrected chi connectivity index (χ1v) is 8.06. The van der Waals surface area contributed by atoms with Crippen molar-refractivity contribution in [2.24, 2.45) is 16.0 Å². The van der Waals surface area contributed by atoms with Crippen molar-refractivity contribution in [2.75, 3.05) is 0 Å². The summed E-state index contributed by atoms with van der Waals surface area (Å²) in [6, 6.07) is 22.3. The van der Waals surface area contributed by atoms with Crippen LogP contribution in [-0.2, 0) is 0 Å². The van der Waals surface area contributed by atoms with Crippen molar-refractivity contribution in [3.63, 3.8) is 0 Å². The van der Waals surface area contributed by atoms with E-state index in [9.17, 15) is 4.79 Å². The van der Waals surface area contributed by atoms with Crippen LogP contribution in [0.25, 0.3) is 16.9 Å². The van der Waals surface area contributed by atoms with Gasteiger partial charge in [0.1, 0.15) is 11.3 Å². The van der Waals surface area contributed by atoms with Crippen molar-refractivity contribution >= 4 is 23.1 Å². The molecule has 0 bridgehead atoms. The van der Waals surface area contributed by atoms with Gasteiger partial charge in [0.2, 0.25) is 5.91 Å². The first-order valence-electron chi connectivity index (χ1n) is 8.06. The van der Waals surface area contributed by atoms with Crippen molar-refractivity contribution in [3.8, 4) is 11.3 Å². The van der Waals surface area contributed by atoms with E-state index in [-0.39, 0.29) is 0 Å². The fraction of sp³-hybridized carbons (Fsp3) is 0. The summed E-state index contributed by atoms with van der Waals surface area (Å²) in [6.07, 6.45) is 1.90. The molecule has 0 aliphatic carbocycles. The van der Waals surface area contributed by atoms with E-state index in [0.717, 1.165) is 16.9 Å². The van der Waals surface area contributed by atoms with Crippen molar-refractivity contribution in [2.45, 2.75) is 0 Å². The second-order valence-corrected chi connectivity index (χ2v) is 5.69. The number of primary amides is 1. The number of hydrogen-bond acceptors (Lipinski definition) is 4. The molecule has 0 spiro atoms. The van der Waals surface area contributed by atoms with Gasteiger partial charge in [-0.25, -0.2) is 4.98 Å². The van der Waals surface area contributed by atoms with Crippen LogP contribution in [0.3, 0.4) is 0 Å². The number of pyridine rings is 1. The predicted octanol–water partition coefficient (Wildman–Crippen LogP) is 4.52. The second kappa shape index (κ2) is 6.60. The van der Waals surface area contributed by atoms with Crippen molar-refractivity contribution in [1.82, 2.24) is 9.38 Å². The summed E-state index contributed by atoms with van der Waals surface area (Å²) in [4.78, 5) is 15.8. The first kappa shape index (κ1) is 15.7. The third kappa shape index (κ3) is 2.95. The van der Waals surface area contributed by atoms with Gasteiger partial charge < -0.3 is 5.73 Å². The molecular formula is C20H15N5O. The molecule has 0 aliphatic rings. The summed E-state index contributed by atoms with van der Waals surface area (Å²) < 4.78 is 1.89. The number of nitrogens with zero attached hydrogens (tertiary/aromatic N) is 4. The van der Waals surface area contributed by atoms with E-state index in [2.05, 4.69) is 15.2 Å². The maximum atomic E-state index is 11.2. The van der Waals surface area contributed by atoms with E-state index < -0.39 is 5.91 Å². The van der Waals surface area contributed by atoms with Gasteiger partial charge in [0, 0.05) is 17.3 Å². The summed E-state index contributed by atoms with van der Waals surface area (Å²) in [7, 11) is 0. The molecule has 0 aliphatic heterocycles. The lowest BCUT2D eigenvalue weighted by atomic mass is 10.1. The molecule has 0 atom stereocenters. The number of amides is 1. The Kier molecular flexibility index (Phi) is 3.99. The highest BCUT2D eigenvalue weighted by Gasteiger charge is 2.13. The number of carbonyl (C=O) groups is 1. The Morgan fingerprint density at radius 1 is 0.885 bits per heavy atom. The molecule has 2 heterocycles. The Labute approximate surface area is 149 Å². The molecule has 0 saturated carbocycles. The summed E-state index contributed by atoms with van der Waals surface area (Å²) >= 11 is 0. The number of rotatable bonds is 4. The van der Waals surface area contributed by atoms with E-state index in [4.69, 9.17) is 5.73 Å². The highest BCUT2D eigenvalue weighted by molar-refractivity contribution is 5.93. The van der Waals surface area contributed by atoms with E-state index in [1.54, 1.807) is 24.3 Å². The van der Waals surface area contributed by atoms with Gasteiger partial charge in [-0.3, -0.25) is 9.20 Å². The predicted molar refractivity (Wildman–Crippen MR) is 99.8 cm³/mol. The zero-order valence-corrected chi connectivity index (χ0v) is 13.8. The number of carbonyl (C=O) groups excluding carboxylic acids is 1. The van der Waals surface area contributed by atoms with Gasteiger partial charge in [-0.05, 0) is 36.4 Å². The van der Waals surface area contributed by atoms with E-state index in [1.807, 2.05) is 59.1 Å². The van der Waals surface area contributed by atoms with Crippen LogP contribution in [0.1, 0.15) is 10.4 Å². The zero-order chi connectivity index (χ0) is 17.9. The van der Waals surface area contributed by atoms with Gasteiger partial charge in [0.25, 0.3) is 0 Å². The fourth-order valence-corrected chi connectivity index (χ4v) is 2.67. The maximum Gasteiger partial charge on any atom is 0.248 e. The molecule has 0 radical (unpaired) electrons. The Morgan fingerprint density at radius 3 is 2.35 bits per heavy atom. The van der Waals surface area contributed by atoms with E-state index >= 15 is 0 Å². The molecule has 2 N–H and O–H groups in total. The lowest BCUT2D eigenvalue weighted by Crippen LogP contribution is -2.10. The maximum absolute atomic E-state index is 11.2. The molecule has 26 heavy (non-hydrogen) atoms. The summed E-state index contributed by atoms with van der Waals surface area (Å²) in [5.41, 5.74) is 8.84. The first-order chi connectivity index (χ1) is 12.7. The number of hydrogen-bond donors (Lipinski definition) is 1. The monoisotopic (exact) mass is 341 g/mol. The lowest BCUT2D eigenvalue weighted by molar-refractivity contribution is 0.100. The van der Waals surface area contributed by atoms with Crippen LogP contribution in [0, 0.1) is 0 Å². The number of fused-ring (bicyclic) bond motifs is 1. The molecule has 4 rings (SSSR count). The molecule has 6 heteroatoms. The van der Waals surface area contributed by atoms with Gasteiger partial charge in [-0.15, -0.1) is 10.2 Å². The van der Waals surface area contributed by atoms with Gasteiger partial charge in [0.05, 0.1) is 5.69 Å². The van der Waals surface area contributed by atoms with Crippen LogP contribution < -0.4 is 5.73 Å². The molecule has 126 valence electrons. The largest absolute Gasteiger partial charge is 0.366 e. The van der Waals surface area contributed by atoms with Crippen molar-refractivity contribution < 1.29 is 4.79 Å². The molecule has 6 nitrogen and oxygen atoms in total. The Bertz CT molecular complexity index is 1100. The average Bonchev–Trinajstić information content (AvgIpc) is 3.06. The van der Waals surface area contributed by atoms with Gasteiger partial charge in [0.15, 0.2) is 5.82 Å². The van der Waals surface area contributed by atoms with Crippen LogP contribution in [0.15, 0.2) is 89.2 Å². The van der Waals surface area contributed by atoms with Gasteiger partial charge in [-0.2, -0.15) is 0 Å². The Morgan fingerprint density at radius 2 is 1.62 bits per heavy atom. The number of aromatic nitrogens is 2. The highest BCUT2D eigenvalue weighted by atomic mass is 16.1. The normalized spacial score (nSPS) is 11.2. The average molecular weight is 341 g/mol. The minimum Gasteiger partial charge on any atom is -0.366 e. The molecule has 0 fully saturated rings. The number of azo groups is 1. The minimum absolute atomic E-state index is 0.434. The summed E-state index contributed by atoms with van der Waals surface area (Å²) in [5.74, 6) is 0.174.